The highest BCUT2D eigenvalue weighted by Crippen LogP contribution is 2.15. The molecule has 5 nitrogen and oxygen atoms in total. The first-order chi connectivity index (χ1) is 7.68. The Bertz CT molecular complexity index is 371. The molecule has 88 valence electrons. The number of amides is 1. The maximum absolute atomic E-state index is 11.9. The largest absolute Gasteiger partial charge is 0.310 e. The molecule has 1 amide bonds. The van der Waals surface area contributed by atoms with Crippen LogP contribution in [0.4, 0.5) is 5.82 Å². The zero-order chi connectivity index (χ0) is 11.5. The summed E-state index contributed by atoms with van der Waals surface area (Å²) in [5, 5.41) is 10.2. The molecule has 1 aromatic rings. The molecule has 0 radical (unpaired) electrons. The van der Waals surface area contributed by atoms with Gasteiger partial charge in [0.1, 0.15) is 5.82 Å². The zero-order valence-corrected chi connectivity index (χ0v) is 10.3. The molecule has 6 heteroatoms. The molecule has 2 heterocycles. The molecule has 16 heavy (non-hydrogen) atoms. The van der Waals surface area contributed by atoms with Crippen LogP contribution in [-0.2, 0) is 4.79 Å². The van der Waals surface area contributed by atoms with Crippen molar-refractivity contribution in [2.45, 2.75) is 25.9 Å². The van der Waals surface area contributed by atoms with E-state index in [1.54, 1.807) is 22.6 Å². The van der Waals surface area contributed by atoms with Gasteiger partial charge in [0, 0.05) is 23.7 Å². The summed E-state index contributed by atoms with van der Waals surface area (Å²) in [5.41, 5.74) is 0. The standard InChI is InChI=1S/C10H16N4OS/c1-7(2)14-9(3-4-12-14)13-10(15)8-5-16-6-11-8/h3-4,7-8,11H,5-6H2,1-2H3,(H,13,15). The molecule has 1 atom stereocenters. The number of rotatable bonds is 3. The number of aromatic nitrogens is 2. The molecule has 1 unspecified atom stereocenters. The predicted molar refractivity (Wildman–Crippen MR) is 65.5 cm³/mol. The highest BCUT2D eigenvalue weighted by atomic mass is 32.2. The van der Waals surface area contributed by atoms with Crippen molar-refractivity contribution < 1.29 is 4.79 Å². The van der Waals surface area contributed by atoms with E-state index >= 15 is 0 Å². The lowest BCUT2D eigenvalue weighted by Gasteiger charge is -2.14. The Hall–Kier alpha value is -1.01. The van der Waals surface area contributed by atoms with Crippen LogP contribution in [0.2, 0.25) is 0 Å². The van der Waals surface area contributed by atoms with E-state index in [2.05, 4.69) is 15.7 Å². The molecule has 2 rings (SSSR count). The van der Waals surface area contributed by atoms with Gasteiger partial charge in [0.2, 0.25) is 5.91 Å². The second-order valence-corrected chi connectivity index (χ2v) is 5.05. The summed E-state index contributed by atoms with van der Waals surface area (Å²) >= 11 is 1.74. The van der Waals surface area contributed by atoms with Crippen LogP contribution < -0.4 is 10.6 Å². The maximum Gasteiger partial charge on any atom is 0.243 e. The van der Waals surface area contributed by atoms with Crippen LogP contribution in [0.5, 0.6) is 0 Å². The van der Waals surface area contributed by atoms with Crippen LogP contribution in [0.1, 0.15) is 19.9 Å². The molecule has 1 fully saturated rings. The van der Waals surface area contributed by atoms with Crippen LogP contribution in [0.3, 0.4) is 0 Å². The average Bonchev–Trinajstić information content (AvgIpc) is 2.86. The number of hydrogen-bond donors (Lipinski definition) is 2. The lowest BCUT2D eigenvalue weighted by atomic mass is 10.3. The third-order valence-corrected chi connectivity index (χ3v) is 3.38. The molecular formula is C10H16N4OS. The second-order valence-electron chi connectivity index (χ2n) is 4.02. The van der Waals surface area contributed by atoms with Crippen molar-refractivity contribution >= 4 is 23.5 Å². The molecule has 1 saturated heterocycles. The fourth-order valence-corrected chi connectivity index (χ4v) is 2.54. The SMILES string of the molecule is CC(C)n1nccc1NC(=O)C1CSCN1. The summed E-state index contributed by atoms with van der Waals surface area (Å²) in [7, 11) is 0. The summed E-state index contributed by atoms with van der Waals surface area (Å²) in [4.78, 5) is 11.9. The van der Waals surface area contributed by atoms with Crippen LogP contribution >= 0.6 is 11.8 Å². The Morgan fingerprint density at radius 1 is 1.75 bits per heavy atom. The first-order valence-corrected chi connectivity index (χ1v) is 6.49. The third kappa shape index (κ3) is 2.38. The highest BCUT2D eigenvalue weighted by molar-refractivity contribution is 7.99. The minimum Gasteiger partial charge on any atom is -0.310 e. The minimum atomic E-state index is -0.0829. The Balaban J connectivity index is 2.02. The normalized spacial score (nSPS) is 20.3. The minimum absolute atomic E-state index is 0.0207. The fourth-order valence-electron chi connectivity index (χ4n) is 1.60. The van der Waals surface area contributed by atoms with E-state index in [1.807, 2.05) is 19.9 Å². The molecule has 0 aliphatic carbocycles. The number of nitrogens with zero attached hydrogens (tertiary/aromatic N) is 2. The lowest BCUT2D eigenvalue weighted by molar-refractivity contribution is -0.117. The molecule has 1 aromatic heterocycles. The van der Waals surface area contributed by atoms with Gasteiger partial charge in [-0.2, -0.15) is 5.10 Å². The maximum atomic E-state index is 11.9. The van der Waals surface area contributed by atoms with Gasteiger partial charge in [-0.1, -0.05) is 0 Å². The fraction of sp³-hybridized carbons (Fsp3) is 0.600. The molecule has 0 aromatic carbocycles. The lowest BCUT2D eigenvalue weighted by Crippen LogP contribution is -2.38. The topological polar surface area (TPSA) is 59.0 Å². The molecule has 1 aliphatic heterocycles. The van der Waals surface area contributed by atoms with E-state index in [9.17, 15) is 4.79 Å². The van der Waals surface area contributed by atoms with Gasteiger partial charge >= 0.3 is 0 Å². The van der Waals surface area contributed by atoms with Gasteiger partial charge in [-0.15, -0.1) is 11.8 Å². The van der Waals surface area contributed by atoms with E-state index in [-0.39, 0.29) is 18.0 Å². The molecule has 2 N–H and O–H groups in total. The van der Waals surface area contributed by atoms with E-state index in [4.69, 9.17) is 0 Å². The van der Waals surface area contributed by atoms with Gasteiger partial charge in [0.15, 0.2) is 0 Å². The quantitative estimate of drug-likeness (QED) is 0.829. The number of thioether (sulfide) groups is 1. The number of carbonyl (C=O) groups is 1. The third-order valence-electron chi connectivity index (χ3n) is 2.44. The van der Waals surface area contributed by atoms with Crippen LogP contribution in [0, 0.1) is 0 Å². The van der Waals surface area contributed by atoms with Crippen molar-refractivity contribution in [2.24, 2.45) is 0 Å². The summed E-state index contributed by atoms with van der Waals surface area (Å²) in [6.45, 7) is 4.07. The summed E-state index contributed by atoms with van der Waals surface area (Å²) < 4.78 is 1.81. The molecule has 1 aliphatic rings. The average molecular weight is 240 g/mol. The summed E-state index contributed by atoms with van der Waals surface area (Å²) in [6.07, 6.45) is 1.70. The van der Waals surface area contributed by atoms with Crippen LogP contribution in [-0.4, -0.2) is 33.4 Å². The Kier molecular flexibility index (Phi) is 3.50. The Labute approximate surface area is 99.0 Å². The zero-order valence-electron chi connectivity index (χ0n) is 9.43. The monoisotopic (exact) mass is 240 g/mol. The first kappa shape index (κ1) is 11.5. The van der Waals surface area contributed by atoms with Crippen molar-refractivity contribution in [2.75, 3.05) is 16.9 Å². The second kappa shape index (κ2) is 4.88. The molecular weight excluding hydrogens is 224 g/mol. The Morgan fingerprint density at radius 2 is 2.56 bits per heavy atom. The van der Waals surface area contributed by atoms with Crippen molar-refractivity contribution in [1.82, 2.24) is 15.1 Å². The van der Waals surface area contributed by atoms with E-state index in [1.165, 1.54) is 0 Å². The van der Waals surface area contributed by atoms with Crippen molar-refractivity contribution in [1.29, 1.82) is 0 Å². The first-order valence-electron chi connectivity index (χ1n) is 5.34. The van der Waals surface area contributed by atoms with Gasteiger partial charge in [0.25, 0.3) is 0 Å². The van der Waals surface area contributed by atoms with Crippen LogP contribution in [0.25, 0.3) is 0 Å². The number of carbonyl (C=O) groups excluding carboxylic acids is 1. The van der Waals surface area contributed by atoms with Crippen molar-refractivity contribution in [3.8, 4) is 0 Å². The molecule has 0 saturated carbocycles. The summed E-state index contributed by atoms with van der Waals surface area (Å²) in [5.74, 6) is 2.47. The van der Waals surface area contributed by atoms with E-state index in [0.29, 0.717) is 0 Å². The van der Waals surface area contributed by atoms with Gasteiger partial charge in [0.05, 0.1) is 12.2 Å². The van der Waals surface area contributed by atoms with E-state index in [0.717, 1.165) is 17.4 Å². The van der Waals surface area contributed by atoms with Gasteiger partial charge in [-0.25, -0.2) is 4.68 Å². The predicted octanol–water partition coefficient (Wildman–Crippen LogP) is 1.06. The van der Waals surface area contributed by atoms with Gasteiger partial charge in [-0.3, -0.25) is 10.1 Å². The van der Waals surface area contributed by atoms with Crippen molar-refractivity contribution in [3.63, 3.8) is 0 Å². The Morgan fingerprint density at radius 3 is 3.19 bits per heavy atom. The number of anilines is 1. The van der Waals surface area contributed by atoms with Gasteiger partial charge < -0.3 is 5.32 Å². The molecule has 0 spiro atoms. The van der Waals surface area contributed by atoms with Gasteiger partial charge in [-0.05, 0) is 13.8 Å². The smallest absolute Gasteiger partial charge is 0.243 e. The van der Waals surface area contributed by atoms with Crippen molar-refractivity contribution in [3.05, 3.63) is 12.3 Å². The van der Waals surface area contributed by atoms with E-state index < -0.39 is 0 Å². The summed E-state index contributed by atoms with van der Waals surface area (Å²) in [6, 6.07) is 1.98. The highest BCUT2D eigenvalue weighted by Gasteiger charge is 2.23. The van der Waals surface area contributed by atoms with Crippen LogP contribution in [0.15, 0.2) is 12.3 Å². The number of nitrogens with one attached hydrogen (secondary N) is 2. The number of hydrogen-bond acceptors (Lipinski definition) is 4. The molecule has 0 bridgehead atoms.